The molecule has 126 valence electrons. The van der Waals surface area contributed by atoms with Crippen LogP contribution >= 0.6 is 0 Å². The molecule has 3 aliphatic rings. The van der Waals surface area contributed by atoms with Crippen LogP contribution in [0.2, 0.25) is 0 Å². The average Bonchev–Trinajstić information content (AvgIpc) is 3.00. The van der Waals surface area contributed by atoms with Gasteiger partial charge in [0.15, 0.2) is 0 Å². The molecule has 2 saturated heterocycles. The largest absolute Gasteiger partial charge is 0.372 e. The Kier molecular flexibility index (Phi) is 3.37. The van der Waals surface area contributed by atoms with Gasteiger partial charge in [0, 0.05) is 36.8 Å². The Morgan fingerprint density at radius 3 is 2.71 bits per heavy atom. The zero-order chi connectivity index (χ0) is 16.0. The molecule has 1 spiro atoms. The van der Waals surface area contributed by atoms with Crippen LogP contribution in [-0.4, -0.2) is 36.3 Å². The third kappa shape index (κ3) is 2.42. The van der Waals surface area contributed by atoms with E-state index in [0.717, 1.165) is 30.4 Å². The summed E-state index contributed by atoms with van der Waals surface area (Å²) < 4.78 is 5.58. The zero-order valence-electron chi connectivity index (χ0n) is 14.0. The van der Waals surface area contributed by atoms with Crippen molar-refractivity contribution in [3.05, 3.63) is 30.2 Å². The number of aromatic nitrogens is 2. The first-order valence-electron chi connectivity index (χ1n) is 9.24. The summed E-state index contributed by atoms with van der Waals surface area (Å²) >= 11 is 0. The van der Waals surface area contributed by atoms with Crippen molar-refractivity contribution in [1.82, 2.24) is 15.5 Å². The summed E-state index contributed by atoms with van der Waals surface area (Å²) in [4.78, 5) is 7.15. The molecule has 1 saturated carbocycles. The van der Waals surface area contributed by atoms with Crippen LogP contribution in [-0.2, 0) is 0 Å². The quantitative estimate of drug-likeness (QED) is 0.939. The highest BCUT2D eigenvalue weighted by atomic mass is 16.5. The highest BCUT2D eigenvalue weighted by molar-refractivity contribution is 5.60. The molecule has 3 heterocycles. The van der Waals surface area contributed by atoms with Crippen LogP contribution in [0.25, 0.3) is 11.4 Å². The first-order valence-corrected chi connectivity index (χ1v) is 9.24. The molecule has 5 nitrogen and oxygen atoms in total. The van der Waals surface area contributed by atoms with E-state index in [1.54, 1.807) is 0 Å². The third-order valence-corrected chi connectivity index (χ3v) is 6.05. The van der Waals surface area contributed by atoms with Gasteiger partial charge in [0.25, 0.3) is 0 Å². The van der Waals surface area contributed by atoms with Crippen LogP contribution in [0.15, 0.2) is 28.8 Å². The maximum Gasteiger partial charge on any atom is 0.230 e. The van der Waals surface area contributed by atoms with Crippen molar-refractivity contribution >= 4 is 5.69 Å². The van der Waals surface area contributed by atoms with Gasteiger partial charge in [-0.1, -0.05) is 5.16 Å². The Labute approximate surface area is 142 Å². The van der Waals surface area contributed by atoms with Crippen molar-refractivity contribution in [3.63, 3.8) is 0 Å². The van der Waals surface area contributed by atoms with Gasteiger partial charge in [0.2, 0.25) is 11.7 Å². The van der Waals surface area contributed by atoms with Crippen molar-refractivity contribution in [2.45, 2.75) is 38.0 Å². The lowest BCUT2D eigenvalue weighted by Gasteiger charge is -2.28. The molecule has 2 aromatic rings. The lowest BCUT2D eigenvalue weighted by atomic mass is 10.0. The molecule has 2 unspecified atom stereocenters. The van der Waals surface area contributed by atoms with Crippen molar-refractivity contribution in [3.8, 4) is 11.4 Å². The second kappa shape index (κ2) is 5.59. The van der Waals surface area contributed by atoms with Gasteiger partial charge in [-0.3, -0.25) is 0 Å². The minimum absolute atomic E-state index is 0.405. The molecule has 1 aromatic carbocycles. The molecule has 5 heteroatoms. The maximum atomic E-state index is 5.58. The molecule has 2 atom stereocenters. The summed E-state index contributed by atoms with van der Waals surface area (Å²) in [6.07, 6.45) is 6.38. The van der Waals surface area contributed by atoms with Gasteiger partial charge in [-0.15, -0.1) is 0 Å². The number of nitrogens with one attached hydrogen (secondary N) is 1. The van der Waals surface area contributed by atoms with E-state index in [1.165, 1.54) is 50.9 Å². The Bertz CT molecular complexity index is 711. The number of hydrogen-bond donors (Lipinski definition) is 1. The number of piperidine rings is 1. The summed E-state index contributed by atoms with van der Waals surface area (Å²) in [6.45, 7) is 4.56. The molecule has 2 aliphatic heterocycles. The predicted octanol–water partition coefficient (Wildman–Crippen LogP) is 3.19. The number of hydrogen-bond acceptors (Lipinski definition) is 5. The minimum atomic E-state index is 0.405. The standard InChI is InChI=1S/C19H24N4O/c1-2-10-23(11-3-1)15-6-4-14(5-7-15)17-21-18(24-22-17)16-12-19(16)8-9-20-13-19/h4-7,16,20H,1-3,8-13H2. The zero-order valence-corrected chi connectivity index (χ0v) is 14.0. The number of benzene rings is 1. The Morgan fingerprint density at radius 2 is 1.96 bits per heavy atom. The first-order chi connectivity index (χ1) is 11.8. The molecular weight excluding hydrogens is 300 g/mol. The Morgan fingerprint density at radius 1 is 1.12 bits per heavy atom. The summed E-state index contributed by atoms with van der Waals surface area (Å²) in [5.74, 6) is 2.01. The van der Waals surface area contributed by atoms with E-state index in [9.17, 15) is 0 Å². The normalized spacial score (nSPS) is 29.3. The van der Waals surface area contributed by atoms with Crippen LogP contribution in [0.5, 0.6) is 0 Å². The highest BCUT2D eigenvalue weighted by Gasteiger charge is 2.58. The van der Waals surface area contributed by atoms with Gasteiger partial charge in [-0.05, 0) is 68.3 Å². The summed E-state index contributed by atoms with van der Waals surface area (Å²) in [7, 11) is 0. The fourth-order valence-corrected chi connectivity index (χ4v) is 4.40. The van der Waals surface area contributed by atoms with Crippen molar-refractivity contribution in [2.75, 3.05) is 31.1 Å². The van der Waals surface area contributed by atoms with Crippen molar-refractivity contribution in [1.29, 1.82) is 0 Å². The van der Waals surface area contributed by atoms with Crippen molar-refractivity contribution in [2.24, 2.45) is 5.41 Å². The molecule has 0 radical (unpaired) electrons. The lowest BCUT2D eigenvalue weighted by Crippen LogP contribution is -2.29. The van der Waals surface area contributed by atoms with E-state index in [4.69, 9.17) is 4.52 Å². The predicted molar refractivity (Wildman–Crippen MR) is 93.1 cm³/mol. The van der Waals surface area contributed by atoms with Crippen LogP contribution in [0.4, 0.5) is 5.69 Å². The number of anilines is 1. The minimum Gasteiger partial charge on any atom is -0.372 e. The molecule has 1 aliphatic carbocycles. The van der Waals surface area contributed by atoms with Crippen LogP contribution < -0.4 is 10.2 Å². The van der Waals surface area contributed by atoms with Gasteiger partial charge in [-0.2, -0.15) is 4.98 Å². The van der Waals surface area contributed by atoms with Crippen LogP contribution in [0, 0.1) is 5.41 Å². The molecule has 0 amide bonds. The smallest absolute Gasteiger partial charge is 0.230 e. The maximum absolute atomic E-state index is 5.58. The third-order valence-electron chi connectivity index (χ3n) is 6.05. The first kappa shape index (κ1) is 14.5. The van der Waals surface area contributed by atoms with E-state index in [0.29, 0.717) is 11.3 Å². The number of nitrogens with zero attached hydrogens (tertiary/aromatic N) is 3. The number of rotatable bonds is 3. The van der Waals surface area contributed by atoms with E-state index in [2.05, 4.69) is 44.6 Å². The SMILES string of the molecule is c1cc(N2CCCCC2)ccc1-c1noc(C2CC23CCNC3)n1. The van der Waals surface area contributed by atoms with Gasteiger partial charge in [0.05, 0.1) is 0 Å². The average molecular weight is 324 g/mol. The Balaban J connectivity index is 1.32. The fraction of sp³-hybridized carbons (Fsp3) is 0.579. The van der Waals surface area contributed by atoms with E-state index >= 15 is 0 Å². The Hall–Kier alpha value is -1.88. The van der Waals surface area contributed by atoms with Crippen LogP contribution in [0.3, 0.4) is 0 Å². The van der Waals surface area contributed by atoms with Gasteiger partial charge in [-0.25, -0.2) is 0 Å². The van der Waals surface area contributed by atoms with E-state index < -0.39 is 0 Å². The topological polar surface area (TPSA) is 54.2 Å². The fourth-order valence-electron chi connectivity index (χ4n) is 4.40. The molecule has 3 fully saturated rings. The second-order valence-corrected chi connectivity index (χ2v) is 7.60. The van der Waals surface area contributed by atoms with E-state index in [-0.39, 0.29) is 0 Å². The highest BCUT2D eigenvalue weighted by Crippen LogP contribution is 2.62. The monoisotopic (exact) mass is 324 g/mol. The summed E-state index contributed by atoms with van der Waals surface area (Å²) in [5, 5.41) is 7.68. The molecular formula is C19H24N4O. The van der Waals surface area contributed by atoms with E-state index in [1.807, 2.05) is 0 Å². The lowest BCUT2D eigenvalue weighted by molar-refractivity contribution is 0.364. The molecule has 1 N–H and O–H groups in total. The molecule has 1 aromatic heterocycles. The molecule has 0 bridgehead atoms. The van der Waals surface area contributed by atoms with Crippen LogP contribution in [0.1, 0.15) is 43.9 Å². The van der Waals surface area contributed by atoms with Gasteiger partial charge >= 0.3 is 0 Å². The van der Waals surface area contributed by atoms with Gasteiger partial charge in [0.1, 0.15) is 0 Å². The summed E-state index contributed by atoms with van der Waals surface area (Å²) in [5.41, 5.74) is 2.76. The molecule has 24 heavy (non-hydrogen) atoms. The second-order valence-electron chi connectivity index (χ2n) is 7.60. The van der Waals surface area contributed by atoms with Crippen molar-refractivity contribution < 1.29 is 4.52 Å². The summed E-state index contributed by atoms with van der Waals surface area (Å²) in [6, 6.07) is 8.63. The van der Waals surface area contributed by atoms with Gasteiger partial charge < -0.3 is 14.7 Å². The molecule has 5 rings (SSSR count).